The van der Waals surface area contributed by atoms with Crippen molar-refractivity contribution in [3.63, 3.8) is 0 Å². The number of anilines is 1. The Morgan fingerprint density at radius 3 is 2.28 bits per heavy atom. The lowest BCUT2D eigenvalue weighted by atomic mass is 10.1. The van der Waals surface area contributed by atoms with E-state index in [0.29, 0.717) is 35.0 Å². The topological polar surface area (TPSA) is 105 Å². The Bertz CT molecular complexity index is 1050. The molecule has 0 bridgehead atoms. The maximum atomic E-state index is 12.3. The summed E-state index contributed by atoms with van der Waals surface area (Å²) < 4.78 is 5.11. The molecule has 2 heterocycles. The van der Waals surface area contributed by atoms with Crippen LogP contribution in [0.15, 0.2) is 53.1 Å². The number of imide groups is 1. The summed E-state index contributed by atoms with van der Waals surface area (Å²) in [4.78, 5) is 42.2. The molecular formula is C21H18N4O4. The minimum Gasteiger partial charge on any atom is -0.334 e. The van der Waals surface area contributed by atoms with Crippen LogP contribution in [0.1, 0.15) is 39.4 Å². The molecule has 0 atom stereocenters. The number of nitrogens with zero attached hydrogens (tertiary/aromatic N) is 3. The molecule has 0 unspecified atom stereocenters. The third-order valence-corrected chi connectivity index (χ3v) is 4.61. The monoisotopic (exact) mass is 390 g/mol. The van der Waals surface area contributed by atoms with Crippen LogP contribution in [-0.4, -0.2) is 39.3 Å². The molecule has 0 fully saturated rings. The van der Waals surface area contributed by atoms with E-state index in [1.165, 1.54) is 4.90 Å². The van der Waals surface area contributed by atoms with Gasteiger partial charge in [0.15, 0.2) is 5.82 Å². The normalized spacial score (nSPS) is 12.9. The highest BCUT2D eigenvalue weighted by molar-refractivity contribution is 6.21. The van der Waals surface area contributed by atoms with E-state index in [2.05, 4.69) is 15.5 Å². The number of amides is 3. The molecule has 1 N–H and O–H groups in total. The Balaban J connectivity index is 1.29. The van der Waals surface area contributed by atoms with Crippen molar-refractivity contribution in [1.82, 2.24) is 15.0 Å². The number of fused-ring (bicyclic) bond motifs is 1. The average molecular weight is 390 g/mol. The molecule has 0 saturated heterocycles. The molecule has 2 aromatic carbocycles. The molecule has 1 aromatic heterocycles. The number of benzene rings is 2. The summed E-state index contributed by atoms with van der Waals surface area (Å²) in [6.45, 7) is 1.94. The summed E-state index contributed by atoms with van der Waals surface area (Å²) in [6, 6.07) is 13.8. The highest BCUT2D eigenvalue weighted by Crippen LogP contribution is 2.23. The summed E-state index contributed by atoms with van der Waals surface area (Å²) in [5.41, 5.74) is 2.22. The minimum absolute atomic E-state index is 0.192. The Kier molecular flexibility index (Phi) is 4.90. The maximum absolute atomic E-state index is 12.3. The second-order valence-electron chi connectivity index (χ2n) is 6.68. The molecule has 1 aliphatic rings. The van der Waals surface area contributed by atoms with E-state index < -0.39 is 0 Å². The first-order chi connectivity index (χ1) is 14.0. The zero-order valence-electron chi connectivity index (χ0n) is 15.7. The van der Waals surface area contributed by atoms with Gasteiger partial charge >= 0.3 is 0 Å². The third-order valence-electron chi connectivity index (χ3n) is 4.61. The second kappa shape index (κ2) is 7.67. The quantitative estimate of drug-likeness (QED) is 0.649. The minimum atomic E-state index is -0.308. The fourth-order valence-electron chi connectivity index (χ4n) is 3.17. The van der Waals surface area contributed by atoms with Crippen molar-refractivity contribution in [2.45, 2.75) is 19.8 Å². The predicted octanol–water partition coefficient (Wildman–Crippen LogP) is 3.06. The van der Waals surface area contributed by atoms with Crippen molar-refractivity contribution in [3.05, 3.63) is 65.5 Å². The van der Waals surface area contributed by atoms with Crippen molar-refractivity contribution < 1.29 is 18.9 Å². The van der Waals surface area contributed by atoms with Crippen LogP contribution in [0.2, 0.25) is 0 Å². The number of aryl methyl sites for hydroxylation is 1. The SMILES string of the molecule is Cc1noc(-c2ccc(NC(=O)CCCN3C(=O)c4ccccc4C3=O)cc2)n1. The first-order valence-corrected chi connectivity index (χ1v) is 9.19. The average Bonchev–Trinajstić information content (AvgIpc) is 3.26. The molecule has 0 saturated carbocycles. The van der Waals surface area contributed by atoms with Crippen LogP contribution >= 0.6 is 0 Å². The van der Waals surface area contributed by atoms with Crippen molar-refractivity contribution in [2.75, 3.05) is 11.9 Å². The Morgan fingerprint density at radius 1 is 1.03 bits per heavy atom. The number of hydrogen-bond acceptors (Lipinski definition) is 6. The van der Waals surface area contributed by atoms with Crippen LogP contribution in [-0.2, 0) is 4.79 Å². The summed E-state index contributed by atoms with van der Waals surface area (Å²) in [5.74, 6) is 0.162. The van der Waals surface area contributed by atoms with Crippen molar-refractivity contribution in [2.24, 2.45) is 0 Å². The molecular weight excluding hydrogens is 372 g/mol. The number of rotatable bonds is 6. The molecule has 29 heavy (non-hydrogen) atoms. The predicted molar refractivity (Wildman–Crippen MR) is 104 cm³/mol. The van der Waals surface area contributed by atoms with Crippen molar-refractivity contribution in [3.8, 4) is 11.5 Å². The van der Waals surface area contributed by atoms with Gasteiger partial charge in [-0.1, -0.05) is 17.3 Å². The molecule has 8 heteroatoms. The van der Waals surface area contributed by atoms with Crippen LogP contribution in [0, 0.1) is 6.92 Å². The van der Waals surface area contributed by atoms with Gasteiger partial charge < -0.3 is 9.84 Å². The van der Waals surface area contributed by atoms with Gasteiger partial charge in [-0.15, -0.1) is 0 Å². The Labute approximate surface area is 166 Å². The third kappa shape index (κ3) is 3.77. The smallest absolute Gasteiger partial charge is 0.261 e. The summed E-state index contributed by atoms with van der Waals surface area (Å²) in [5, 5.41) is 6.54. The van der Waals surface area contributed by atoms with Crippen LogP contribution in [0.5, 0.6) is 0 Å². The number of aromatic nitrogens is 2. The molecule has 146 valence electrons. The van der Waals surface area contributed by atoms with E-state index in [-0.39, 0.29) is 30.7 Å². The van der Waals surface area contributed by atoms with E-state index in [1.54, 1.807) is 55.5 Å². The fraction of sp³-hybridized carbons (Fsp3) is 0.190. The summed E-state index contributed by atoms with van der Waals surface area (Å²) >= 11 is 0. The zero-order chi connectivity index (χ0) is 20.4. The molecule has 3 aromatic rings. The van der Waals surface area contributed by atoms with E-state index in [4.69, 9.17) is 4.52 Å². The van der Waals surface area contributed by atoms with Crippen molar-refractivity contribution >= 4 is 23.4 Å². The number of carbonyl (C=O) groups excluding carboxylic acids is 3. The fourth-order valence-corrected chi connectivity index (χ4v) is 3.17. The lowest BCUT2D eigenvalue weighted by molar-refractivity contribution is -0.116. The van der Waals surface area contributed by atoms with Crippen molar-refractivity contribution in [1.29, 1.82) is 0 Å². The van der Waals surface area contributed by atoms with E-state index >= 15 is 0 Å². The molecule has 3 amide bonds. The van der Waals surface area contributed by atoms with E-state index in [1.807, 2.05) is 0 Å². The molecule has 8 nitrogen and oxygen atoms in total. The standard InChI is InChI=1S/C21H18N4O4/c1-13-22-19(29-24-13)14-8-10-15(11-9-14)23-18(26)7-4-12-25-20(27)16-5-2-3-6-17(16)21(25)28/h2-3,5-6,8-11H,4,7,12H2,1H3,(H,23,26). The molecule has 0 spiro atoms. The maximum Gasteiger partial charge on any atom is 0.261 e. The molecule has 1 aliphatic heterocycles. The van der Waals surface area contributed by atoms with Gasteiger partial charge in [-0.05, 0) is 49.7 Å². The van der Waals surface area contributed by atoms with E-state index in [9.17, 15) is 14.4 Å². The van der Waals surface area contributed by atoms with Crippen LogP contribution in [0.3, 0.4) is 0 Å². The molecule has 0 radical (unpaired) electrons. The van der Waals surface area contributed by atoms with Gasteiger partial charge in [-0.25, -0.2) is 0 Å². The van der Waals surface area contributed by atoms with Gasteiger partial charge in [0.2, 0.25) is 5.91 Å². The Hall–Kier alpha value is -3.81. The zero-order valence-corrected chi connectivity index (χ0v) is 15.7. The van der Waals surface area contributed by atoms with Gasteiger partial charge in [0.1, 0.15) is 0 Å². The van der Waals surface area contributed by atoms with Gasteiger partial charge in [0, 0.05) is 24.2 Å². The highest BCUT2D eigenvalue weighted by Gasteiger charge is 2.34. The van der Waals surface area contributed by atoms with Crippen LogP contribution in [0.25, 0.3) is 11.5 Å². The molecule has 4 rings (SSSR count). The summed E-state index contributed by atoms with van der Waals surface area (Å²) in [7, 11) is 0. The lowest BCUT2D eigenvalue weighted by Crippen LogP contribution is -2.31. The highest BCUT2D eigenvalue weighted by atomic mass is 16.5. The number of hydrogen-bond donors (Lipinski definition) is 1. The largest absolute Gasteiger partial charge is 0.334 e. The van der Waals surface area contributed by atoms with Gasteiger partial charge in [-0.3, -0.25) is 19.3 Å². The van der Waals surface area contributed by atoms with Gasteiger partial charge in [-0.2, -0.15) is 4.98 Å². The first-order valence-electron chi connectivity index (χ1n) is 9.19. The first kappa shape index (κ1) is 18.5. The summed E-state index contributed by atoms with van der Waals surface area (Å²) in [6.07, 6.45) is 0.578. The molecule has 0 aliphatic carbocycles. The Morgan fingerprint density at radius 2 is 1.69 bits per heavy atom. The van der Waals surface area contributed by atoms with Crippen LogP contribution in [0.4, 0.5) is 5.69 Å². The van der Waals surface area contributed by atoms with Gasteiger partial charge in [0.05, 0.1) is 11.1 Å². The second-order valence-corrected chi connectivity index (χ2v) is 6.68. The number of carbonyl (C=O) groups is 3. The van der Waals surface area contributed by atoms with E-state index in [0.717, 1.165) is 5.56 Å². The van der Waals surface area contributed by atoms with Gasteiger partial charge in [0.25, 0.3) is 17.7 Å². The lowest BCUT2D eigenvalue weighted by Gasteiger charge is -2.13. The number of nitrogens with one attached hydrogen (secondary N) is 1. The van der Waals surface area contributed by atoms with Crippen LogP contribution < -0.4 is 5.32 Å².